The van der Waals surface area contributed by atoms with E-state index in [9.17, 15) is 4.79 Å². The molecule has 0 bridgehead atoms. The summed E-state index contributed by atoms with van der Waals surface area (Å²) in [6, 6.07) is 8.05. The summed E-state index contributed by atoms with van der Waals surface area (Å²) in [6.07, 6.45) is 5.38. The molecule has 1 aromatic rings. The van der Waals surface area contributed by atoms with E-state index in [-0.39, 0.29) is 5.97 Å². The summed E-state index contributed by atoms with van der Waals surface area (Å²) >= 11 is 0. The SMILES string of the molecule is CCOC(=O)c1ccc(NC(C)C2CCCC2)cc1. The Labute approximate surface area is 115 Å². The average molecular weight is 261 g/mol. The molecule has 19 heavy (non-hydrogen) atoms. The van der Waals surface area contributed by atoms with Crippen LogP contribution in [0.3, 0.4) is 0 Å². The van der Waals surface area contributed by atoms with Crippen molar-refractivity contribution in [1.29, 1.82) is 0 Å². The van der Waals surface area contributed by atoms with Crippen LogP contribution in [-0.4, -0.2) is 18.6 Å². The number of nitrogens with one attached hydrogen (secondary N) is 1. The van der Waals surface area contributed by atoms with Crippen molar-refractivity contribution >= 4 is 11.7 Å². The van der Waals surface area contributed by atoms with Crippen LogP contribution in [0.5, 0.6) is 0 Å². The predicted molar refractivity (Wildman–Crippen MR) is 77.4 cm³/mol. The van der Waals surface area contributed by atoms with E-state index in [1.165, 1.54) is 25.7 Å². The molecule has 2 rings (SSSR count). The molecule has 1 saturated carbocycles. The maximum absolute atomic E-state index is 11.5. The van der Waals surface area contributed by atoms with E-state index in [1.807, 2.05) is 31.2 Å². The Morgan fingerprint density at radius 2 is 1.95 bits per heavy atom. The highest BCUT2D eigenvalue weighted by Crippen LogP contribution is 2.29. The van der Waals surface area contributed by atoms with Gasteiger partial charge in [-0.2, -0.15) is 0 Å². The molecule has 0 radical (unpaired) electrons. The van der Waals surface area contributed by atoms with E-state index < -0.39 is 0 Å². The fraction of sp³-hybridized carbons (Fsp3) is 0.562. The summed E-state index contributed by atoms with van der Waals surface area (Å²) in [5.41, 5.74) is 1.69. The van der Waals surface area contributed by atoms with E-state index in [1.54, 1.807) is 0 Å². The van der Waals surface area contributed by atoms with Crippen LogP contribution in [0.1, 0.15) is 49.9 Å². The van der Waals surface area contributed by atoms with Gasteiger partial charge in [0.1, 0.15) is 0 Å². The first-order chi connectivity index (χ1) is 9.20. The number of carbonyl (C=O) groups is 1. The van der Waals surface area contributed by atoms with Crippen LogP contribution in [0.4, 0.5) is 5.69 Å². The first-order valence-corrected chi connectivity index (χ1v) is 7.24. The third-order valence-corrected chi connectivity index (χ3v) is 3.90. The van der Waals surface area contributed by atoms with Gasteiger partial charge in [-0.3, -0.25) is 0 Å². The van der Waals surface area contributed by atoms with E-state index >= 15 is 0 Å². The monoisotopic (exact) mass is 261 g/mol. The van der Waals surface area contributed by atoms with Crippen molar-refractivity contribution in [2.45, 2.75) is 45.6 Å². The van der Waals surface area contributed by atoms with Crippen molar-refractivity contribution in [3.63, 3.8) is 0 Å². The van der Waals surface area contributed by atoms with Crippen molar-refractivity contribution in [3.05, 3.63) is 29.8 Å². The van der Waals surface area contributed by atoms with Gasteiger partial charge in [0.2, 0.25) is 0 Å². The lowest BCUT2D eigenvalue weighted by atomic mass is 9.99. The van der Waals surface area contributed by atoms with Crippen molar-refractivity contribution < 1.29 is 9.53 Å². The summed E-state index contributed by atoms with van der Waals surface area (Å²) in [5.74, 6) is 0.530. The van der Waals surface area contributed by atoms with Gasteiger partial charge < -0.3 is 10.1 Å². The van der Waals surface area contributed by atoms with Gasteiger partial charge >= 0.3 is 5.97 Å². The smallest absolute Gasteiger partial charge is 0.338 e. The zero-order valence-corrected chi connectivity index (χ0v) is 11.8. The van der Waals surface area contributed by atoms with Gasteiger partial charge in [-0.25, -0.2) is 4.79 Å². The summed E-state index contributed by atoms with van der Waals surface area (Å²) < 4.78 is 4.97. The number of esters is 1. The predicted octanol–water partition coefficient (Wildman–Crippen LogP) is 3.85. The highest BCUT2D eigenvalue weighted by molar-refractivity contribution is 5.89. The van der Waals surface area contributed by atoms with Crippen molar-refractivity contribution in [3.8, 4) is 0 Å². The molecular formula is C16H23NO2. The molecule has 1 atom stereocenters. The van der Waals surface area contributed by atoms with Crippen LogP contribution in [0.25, 0.3) is 0 Å². The Kier molecular flexibility index (Phi) is 4.83. The van der Waals surface area contributed by atoms with E-state index in [4.69, 9.17) is 4.74 Å². The van der Waals surface area contributed by atoms with Gasteiger partial charge in [0, 0.05) is 11.7 Å². The van der Waals surface area contributed by atoms with Gasteiger partial charge in [0.05, 0.1) is 12.2 Å². The first kappa shape index (κ1) is 13.9. The lowest BCUT2D eigenvalue weighted by Crippen LogP contribution is -2.23. The van der Waals surface area contributed by atoms with Gasteiger partial charge in [-0.15, -0.1) is 0 Å². The molecule has 0 aliphatic heterocycles. The molecule has 0 saturated heterocycles. The molecule has 0 spiro atoms. The van der Waals surface area contributed by atoms with Gasteiger partial charge in [-0.05, 0) is 56.9 Å². The number of ether oxygens (including phenoxy) is 1. The highest BCUT2D eigenvalue weighted by Gasteiger charge is 2.21. The second-order valence-electron chi connectivity index (χ2n) is 5.28. The van der Waals surface area contributed by atoms with Crippen LogP contribution < -0.4 is 5.32 Å². The maximum Gasteiger partial charge on any atom is 0.338 e. The van der Waals surface area contributed by atoms with E-state index in [0.29, 0.717) is 18.2 Å². The fourth-order valence-electron chi connectivity index (χ4n) is 2.76. The lowest BCUT2D eigenvalue weighted by molar-refractivity contribution is 0.0526. The molecule has 1 aromatic carbocycles. The normalized spacial score (nSPS) is 17.2. The van der Waals surface area contributed by atoms with E-state index in [2.05, 4.69) is 12.2 Å². The van der Waals surface area contributed by atoms with Crippen LogP contribution >= 0.6 is 0 Å². The number of hydrogen-bond acceptors (Lipinski definition) is 3. The third-order valence-electron chi connectivity index (χ3n) is 3.90. The standard InChI is InChI=1S/C16H23NO2/c1-3-19-16(18)14-8-10-15(11-9-14)17-12(2)13-6-4-5-7-13/h8-13,17H,3-7H2,1-2H3. The highest BCUT2D eigenvalue weighted by atomic mass is 16.5. The molecule has 3 heteroatoms. The molecule has 1 fully saturated rings. The molecule has 1 N–H and O–H groups in total. The van der Waals surface area contributed by atoms with E-state index in [0.717, 1.165) is 11.6 Å². The fourth-order valence-corrected chi connectivity index (χ4v) is 2.76. The molecule has 1 unspecified atom stereocenters. The largest absolute Gasteiger partial charge is 0.462 e. The van der Waals surface area contributed by atoms with Crippen LogP contribution in [-0.2, 0) is 4.74 Å². The minimum Gasteiger partial charge on any atom is -0.462 e. The summed E-state index contributed by atoms with van der Waals surface area (Å²) in [7, 11) is 0. The number of benzene rings is 1. The van der Waals surface area contributed by atoms with Crippen LogP contribution in [0.15, 0.2) is 24.3 Å². The van der Waals surface area contributed by atoms with Crippen molar-refractivity contribution in [2.24, 2.45) is 5.92 Å². The van der Waals surface area contributed by atoms with Crippen LogP contribution in [0, 0.1) is 5.92 Å². The zero-order valence-electron chi connectivity index (χ0n) is 11.8. The molecular weight excluding hydrogens is 238 g/mol. The van der Waals surface area contributed by atoms with Gasteiger partial charge in [0.25, 0.3) is 0 Å². The second kappa shape index (κ2) is 6.60. The van der Waals surface area contributed by atoms with Crippen LogP contribution in [0.2, 0.25) is 0 Å². The Morgan fingerprint density at radius 1 is 1.32 bits per heavy atom. The molecule has 0 amide bonds. The lowest BCUT2D eigenvalue weighted by Gasteiger charge is -2.21. The average Bonchev–Trinajstić information content (AvgIpc) is 2.94. The molecule has 1 aliphatic carbocycles. The second-order valence-corrected chi connectivity index (χ2v) is 5.28. The summed E-state index contributed by atoms with van der Waals surface area (Å²) in [5, 5.41) is 3.53. The molecule has 3 nitrogen and oxygen atoms in total. The Bertz CT molecular complexity index is 407. The molecule has 0 aromatic heterocycles. The van der Waals surface area contributed by atoms with Gasteiger partial charge in [0.15, 0.2) is 0 Å². The first-order valence-electron chi connectivity index (χ1n) is 7.24. The summed E-state index contributed by atoms with van der Waals surface area (Å²) in [6.45, 7) is 4.48. The molecule has 1 aliphatic rings. The van der Waals surface area contributed by atoms with Crippen molar-refractivity contribution in [2.75, 3.05) is 11.9 Å². The Balaban J connectivity index is 1.92. The number of hydrogen-bond donors (Lipinski definition) is 1. The number of anilines is 1. The Hall–Kier alpha value is -1.51. The maximum atomic E-state index is 11.5. The van der Waals surface area contributed by atoms with Gasteiger partial charge in [-0.1, -0.05) is 12.8 Å². The Morgan fingerprint density at radius 3 is 2.53 bits per heavy atom. The summed E-state index contributed by atoms with van der Waals surface area (Å²) in [4.78, 5) is 11.5. The molecule has 0 heterocycles. The quantitative estimate of drug-likeness (QED) is 0.818. The number of rotatable bonds is 5. The minimum atomic E-state index is -0.252. The molecule has 104 valence electrons. The topological polar surface area (TPSA) is 38.3 Å². The minimum absolute atomic E-state index is 0.252. The van der Waals surface area contributed by atoms with Crippen molar-refractivity contribution in [1.82, 2.24) is 0 Å². The zero-order chi connectivity index (χ0) is 13.7. The number of carbonyl (C=O) groups excluding carboxylic acids is 1. The third kappa shape index (κ3) is 3.72.